The van der Waals surface area contributed by atoms with Crippen LogP contribution in [0.25, 0.3) is 22.5 Å². The summed E-state index contributed by atoms with van der Waals surface area (Å²) in [5, 5.41) is 2.21. The molecule has 0 amide bonds. The van der Waals surface area contributed by atoms with Crippen LogP contribution in [0.3, 0.4) is 0 Å². The molecular formula is C23H20N4. The Hall–Kier alpha value is -3.53. The molecule has 5 rings (SSSR count). The summed E-state index contributed by atoms with van der Waals surface area (Å²) in [5.74, 6) is 0.946. The molecular weight excluding hydrogens is 332 g/mol. The third kappa shape index (κ3) is 2.57. The lowest BCUT2D eigenvalue weighted by atomic mass is 10.1. The Morgan fingerprint density at radius 2 is 1.26 bits per heavy atom. The minimum atomic E-state index is 0.765. The zero-order valence-electron chi connectivity index (χ0n) is 15.2. The molecule has 27 heavy (non-hydrogen) atoms. The smallest absolute Gasteiger partial charge is 0.232 e. The van der Waals surface area contributed by atoms with Gasteiger partial charge in [0.2, 0.25) is 5.95 Å². The first kappa shape index (κ1) is 15.7. The standard InChI is InChI=1S/C23H20N4/c1-25-17-26(20-15-9-4-10-16-20)23-24-21(18-11-5-2-6-12-18)22(27(23)25)19-13-7-3-8-14-19/h2-16H,17H2,1H3. The molecule has 1 aromatic heterocycles. The molecule has 4 heteroatoms. The Bertz CT molecular complexity index is 1060. The van der Waals surface area contributed by atoms with Crippen LogP contribution >= 0.6 is 0 Å². The topological polar surface area (TPSA) is 24.3 Å². The molecule has 1 aliphatic rings. The first-order valence-electron chi connectivity index (χ1n) is 9.10. The molecule has 0 fully saturated rings. The normalized spacial score (nSPS) is 13.1. The van der Waals surface area contributed by atoms with E-state index in [0.29, 0.717) is 0 Å². The highest BCUT2D eigenvalue weighted by Crippen LogP contribution is 2.40. The number of fused-ring (bicyclic) bond motifs is 1. The molecule has 0 unspecified atom stereocenters. The van der Waals surface area contributed by atoms with Crippen molar-refractivity contribution < 1.29 is 0 Å². The number of hydrogen-bond acceptors (Lipinski definition) is 3. The lowest BCUT2D eigenvalue weighted by Crippen LogP contribution is -2.29. The third-order valence-electron chi connectivity index (χ3n) is 4.93. The Morgan fingerprint density at radius 1 is 0.704 bits per heavy atom. The number of anilines is 2. The summed E-state index contributed by atoms with van der Waals surface area (Å²) >= 11 is 0. The fraction of sp³-hybridized carbons (Fsp3) is 0.0870. The van der Waals surface area contributed by atoms with E-state index in [1.165, 1.54) is 0 Å². The molecule has 4 aromatic rings. The predicted molar refractivity (Wildman–Crippen MR) is 111 cm³/mol. The van der Waals surface area contributed by atoms with Gasteiger partial charge in [-0.1, -0.05) is 78.9 Å². The predicted octanol–water partition coefficient (Wildman–Crippen LogP) is 4.89. The molecule has 0 aliphatic carbocycles. The Morgan fingerprint density at radius 3 is 1.89 bits per heavy atom. The summed E-state index contributed by atoms with van der Waals surface area (Å²) < 4.78 is 2.23. The van der Waals surface area contributed by atoms with Gasteiger partial charge in [0.15, 0.2) is 0 Å². The van der Waals surface area contributed by atoms with Gasteiger partial charge in [0.1, 0.15) is 12.4 Å². The summed E-state index contributed by atoms with van der Waals surface area (Å²) in [6, 6.07) is 31.3. The summed E-state index contributed by atoms with van der Waals surface area (Å²) in [4.78, 5) is 7.34. The summed E-state index contributed by atoms with van der Waals surface area (Å²) in [6.07, 6.45) is 0. The van der Waals surface area contributed by atoms with Crippen molar-refractivity contribution in [2.75, 3.05) is 23.6 Å². The molecule has 1 aliphatic heterocycles. The first-order valence-corrected chi connectivity index (χ1v) is 9.10. The van der Waals surface area contributed by atoms with Gasteiger partial charge in [-0.05, 0) is 12.1 Å². The van der Waals surface area contributed by atoms with Crippen LogP contribution < -0.4 is 9.91 Å². The second kappa shape index (κ2) is 6.32. The van der Waals surface area contributed by atoms with Gasteiger partial charge in [-0.2, -0.15) is 0 Å². The molecule has 4 nitrogen and oxygen atoms in total. The van der Waals surface area contributed by atoms with Crippen molar-refractivity contribution in [2.24, 2.45) is 0 Å². The Kier molecular flexibility index (Phi) is 3.68. The molecule has 132 valence electrons. The van der Waals surface area contributed by atoms with E-state index in [0.717, 1.165) is 40.8 Å². The molecule has 0 saturated heterocycles. The minimum Gasteiger partial charge on any atom is -0.292 e. The van der Waals surface area contributed by atoms with Crippen molar-refractivity contribution in [1.82, 2.24) is 9.66 Å². The summed E-state index contributed by atoms with van der Waals surface area (Å²) in [7, 11) is 2.11. The number of nitrogens with zero attached hydrogens (tertiary/aromatic N) is 4. The molecule has 0 N–H and O–H groups in total. The second-order valence-corrected chi connectivity index (χ2v) is 6.72. The highest BCUT2D eigenvalue weighted by atomic mass is 15.7. The third-order valence-corrected chi connectivity index (χ3v) is 4.93. The lowest BCUT2D eigenvalue weighted by molar-refractivity contribution is 0.744. The number of para-hydroxylation sites is 1. The largest absolute Gasteiger partial charge is 0.292 e. The Labute approximate surface area is 158 Å². The summed E-state index contributed by atoms with van der Waals surface area (Å²) in [6.45, 7) is 0.765. The number of rotatable bonds is 3. The first-order chi connectivity index (χ1) is 13.3. The Balaban J connectivity index is 1.75. The van der Waals surface area contributed by atoms with Crippen LogP contribution in [-0.4, -0.2) is 23.4 Å². The molecule has 0 spiro atoms. The fourth-order valence-corrected chi connectivity index (χ4v) is 3.69. The van der Waals surface area contributed by atoms with E-state index in [1.807, 2.05) is 18.2 Å². The van der Waals surface area contributed by atoms with E-state index in [9.17, 15) is 0 Å². The molecule has 0 saturated carbocycles. The highest BCUT2D eigenvalue weighted by molar-refractivity contribution is 5.83. The SMILES string of the molecule is CN1CN(c2ccccc2)c2nc(-c3ccccc3)c(-c3ccccc3)n21. The van der Waals surface area contributed by atoms with Crippen LogP contribution in [0.5, 0.6) is 0 Å². The van der Waals surface area contributed by atoms with E-state index in [2.05, 4.69) is 94.4 Å². The number of imidazole rings is 1. The molecule has 2 heterocycles. The van der Waals surface area contributed by atoms with Crippen molar-refractivity contribution >= 4 is 11.6 Å². The van der Waals surface area contributed by atoms with E-state index in [-0.39, 0.29) is 0 Å². The van der Waals surface area contributed by atoms with E-state index >= 15 is 0 Å². The van der Waals surface area contributed by atoms with E-state index in [1.54, 1.807) is 0 Å². The summed E-state index contributed by atoms with van der Waals surface area (Å²) in [5.41, 5.74) is 5.56. The maximum atomic E-state index is 5.09. The molecule has 3 aromatic carbocycles. The monoisotopic (exact) mass is 352 g/mol. The lowest BCUT2D eigenvalue weighted by Gasteiger charge is -2.19. The fourth-order valence-electron chi connectivity index (χ4n) is 3.69. The van der Waals surface area contributed by atoms with Gasteiger partial charge in [0, 0.05) is 23.9 Å². The minimum absolute atomic E-state index is 0.765. The maximum Gasteiger partial charge on any atom is 0.232 e. The average Bonchev–Trinajstić information content (AvgIpc) is 3.28. The van der Waals surface area contributed by atoms with Crippen LogP contribution in [0.2, 0.25) is 0 Å². The second-order valence-electron chi connectivity index (χ2n) is 6.72. The van der Waals surface area contributed by atoms with Crippen molar-refractivity contribution in [1.29, 1.82) is 0 Å². The highest BCUT2D eigenvalue weighted by Gasteiger charge is 2.32. The molecule has 0 atom stereocenters. The maximum absolute atomic E-state index is 5.09. The number of benzene rings is 3. The zero-order chi connectivity index (χ0) is 18.2. The van der Waals surface area contributed by atoms with Crippen molar-refractivity contribution in [3.63, 3.8) is 0 Å². The van der Waals surface area contributed by atoms with Gasteiger partial charge in [0.05, 0.1) is 5.69 Å². The van der Waals surface area contributed by atoms with Gasteiger partial charge < -0.3 is 0 Å². The average molecular weight is 352 g/mol. The van der Waals surface area contributed by atoms with Gasteiger partial charge in [0.25, 0.3) is 0 Å². The van der Waals surface area contributed by atoms with Crippen molar-refractivity contribution in [3.05, 3.63) is 91.0 Å². The zero-order valence-corrected chi connectivity index (χ0v) is 15.2. The number of hydrogen-bond donors (Lipinski definition) is 0. The van der Waals surface area contributed by atoms with E-state index in [4.69, 9.17) is 4.98 Å². The van der Waals surface area contributed by atoms with Crippen molar-refractivity contribution in [3.8, 4) is 22.5 Å². The van der Waals surface area contributed by atoms with Gasteiger partial charge in [-0.15, -0.1) is 0 Å². The van der Waals surface area contributed by atoms with Crippen molar-refractivity contribution in [2.45, 2.75) is 0 Å². The van der Waals surface area contributed by atoms with Crippen LogP contribution in [0.4, 0.5) is 11.6 Å². The molecule has 0 bridgehead atoms. The quantitative estimate of drug-likeness (QED) is 0.524. The van der Waals surface area contributed by atoms with Gasteiger partial charge in [-0.25, -0.2) is 9.66 Å². The van der Waals surface area contributed by atoms with Gasteiger partial charge >= 0.3 is 0 Å². The van der Waals surface area contributed by atoms with Crippen LogP contribution in [0, 0.1) is 0 Å². The van der Waals surface area contributed by atoms with E-state index < -0.39 is 0 Å². The van der Waals surface area contributed by atoms with Crippen LogP contribution in [0.15, 0.2) is 91.0 Å². The van der Waals surface area contributed by atoms with Crippen LogP contribution in [-0.2, 0) is 0 Å². The van der Waals surface area contributed by atoms with Crippen LogP contribution in [0.1, 0.15) is 0 Å². The number of aromatic nitrogens is 2. The molecule has 0 radical (unpaired) electrons. The van der Waals surface area contributed by atoms with Gasteiger partial charge in [-0.3, -0.25) is 9.91 Å².